The SMILES string of the molecule is CC(C)(C)OC(=O)N1Cc2ccc(N=C=O)cc2C1. The van der Waals surface area contributed by atoms with Crippen LogP contribution in [0.5, 0.6) is 0 Å². The second-order valence-electron chi connectivity index (χ2n) is 5.49. The quantitative estimate of drug-likeness (QED) is 0.576. The molecule has 1 amide bonds. The second kappa shape index (κ2) is 4.86. The minimum atomic E-state index is -0.501. The van der Waals surface area contributed by atoms with Gasteiger partial charge in [-0.15, -0.1) is 0 Å². The predicted octanol–water partition coefficient (Wildman–Crippen LogP) is 2.90. The first-order valence-corrected chi connectivity index (χ1v) is 6.06. The van der Waals surface area contributed by atoms with E-state index in [0.717, 1.165) is 11.1 Å². The predicted molar refractivity (Wildman–Crippen MR) is 69.7 cm³/mol. The molecule has 1 aliphatic rings. The lowest BCUT2D eigenvalue weighted by Crippen LogP contribution is -2.33. The first kappa shape index (κ1) is 13.3. The molecule has 0 fully saturated rings. The fourth-order valence-corrected chi connectivity index (χ4v) is 1.96. The van der Waals surface area contributed by atoms with Gasteiger partial charge in [0.1, 0.15) is 5.60 Å². The number of rotatable bonds is 1. The van der Waals surface area contributed by atoms with Gasteiger partial charge in [0.25, 0.3) is 0 Å². The van der Waals surface area contributed by atoms with Crippen LogP contribution in [0.25, 0.3) is 0 Å². The lowest BCUT2D eigenvalue weighted by atomic mass is 10.1. The summed E-state index contributed by atoms with van der Waals surface area (Å²) in [6.07, 6.45) is 1.18. The third-order valence-electron chi connectivity index (χ3n) is 2.74. The maximum absolute atomic E-state index is 12.0. The third kappa shape index (κ3) is 3.20. The van der Waals surface area contributed by atoms with Crippen molar-refractivity contribution in [2.45, 2.75) is 39.5 Å². The van der Waals surface area contributed by atoms with Gasteiger partial charge in [0.05, 0.1) is 5.69 Å². The summed E-state index contributed by atoms with van der Waals surface area (Å²) in [6, 6.07) is 5.41. The second-order valence-corrected chi connectivity index (χ2v) is 5.49. The Morgan fingerprint density at radius 1 is 1.32 bits per heavy atom. The van der Waals surface area contributed by atoms with Crippen molar-refractivity contribution in [3.63, 3.8) is 0 Å². The maximum atomic E-state index is 12.0. The molecule has 2 rings (SSSR count). The lowest BCUT2D eigenvalue weighted by molar-refractivity contribution is 0.0242. The van der Waals surface area contributed by atoms with Gasteiger partial charge in [-0.3, -0.25) is 4.90 Å². The lowest BCUT2D eigenvalue weighted by Gasteiger charge is -2.24. The Hall–Kier alpha value is -2.13. The van der Waals surface area contributed by atoms with Crippen molar-refractivity contribution in [3.8, 4) is 0 Å². The number of hydrogen-bond acceptors (Lipinski definition) is 4. The number of carbonyl (C=O) groups is 1. The zero-order valence-electron chi connectivity index (χ0n) is 11.3. The topological polar surface area (TPSA) is 59.0 Å². The van der Waals surface area contributed by atoms with E-state index in [1.165, 1.54) is 6.08 Å². The molecule has 5 nitrogen and oxygen atoms in total. The molecule has 0 N–H and O–H groups in total. The monoisotopic (exact) mass is 260 g/mol. The van der Waals surface area contributed by atoms with Crippen LogP contribution < -0.4 is 0 Å². The minimum Gasteiger partial charge on any atom is -0.444 e. The molecule has 0 spiro atoms. The van der Waals surface area contributed by atoms with E-state index in [1.54, 1.807) is 17.0 Å². The molecule has 0 aliphatic carbocycles. The number of nitrogens with zero attached hydrogens (tertiary/aromatic N) is 2. The summed E-state index contributed by atoms with van der Waals surface area (Å²) in [5.74, 6) is 0. The summed E-state index contributed by atoms with van der Waals surface area (Å²) < 4.78 is 5.33. The zero-order valence-corrected chi connectivity index (χ0v) is 11.3. The maximum Gasteiger partial charge on any atom is 0.410 e. The van der Waals surface area contributed by atoms with Crippen molar-refractivity contribution >= 4 is 17.9 Å². The van der Waals surface area contributed by atoms with Gasteiger partial charge in [0.2, 0.25) is 6.08 Å². The van der Waals surface area contributed by atoms with Gasteiger partial charge in [0.15, 0.2) is 0 Å². The Balaban J connectivity index is 2.12. The Kier molecular flexibility index (Phi) is 3.40. The number of hydrogen-bond donors (Lipinski definition) is 0. The molecule has 0 unspecified atom stereocenters. The van der Waals surface area contributed by atoms with Crippen molar-refractivity contribution in [2.75, 3.05) is 0 Å². The standard InChI is InChI=1S/C14H16N2O3/c1-14(2,3)19-13(18)16-7-10-4-5-12(15-9-17)6-11(10)8-16/h4-6H,7-8H2,1-3H3. The fourth-order valence-electron chi connectivity index (χ4n) is 1.96. The first-order valence-electron chi connectivity index (χ1n) is 6.06. The highest BCUT2D eigenvalue weighted by atomic mass is 16.6. The van der Waals surface area contributed by atoms with Crippen LogP contribution in [0.15, 0.2) is 23.2 Å². The van der Waals surface area contributed by atoms with E-state index in [0.29, 0.717) is 18.8 Å². The number of ether oxygens (including phenoxy) is 1. The smallest absolute Gasteiger partial charge is 0.410 e. The van der Waals surface area contributed by atoms with Crippen LogP contribution in [0.4, 0.5) is 10.5 Å². The van der Waals surface area contributed by atoms with E-state index in [4.69, 9.17) is 4.74 Å². The highest BCUT2D eigenvalue weighted by Crippen LogP contribution is 2.27. The molecule has 0 aromatic heterocycles. The normalized spacial score (nSPS) is 13.7. The number of carbonyl (C=O) groups excluding carboxylic acids is 2. The summed E-state index contributed by atoms with van der Waals surface area (Å²) in [6.45, 7) is 6.52. The molecule has 0 atom stereocenters. The molecule has 0 radical (unpaired) electrons. The first-order chi connectivity index (χ1) is 8.89. The van der Waals surface area contributed by atoms with E-state index in [9.17, 15) is 9.59 Å². The van der Waals surface area contributed by atoms with Crippen LogP contribution in [0, 0.1) is 0 Å². The van der Waals surface area contributed by atoms with Crippen LogP contribution in [0.3, 0.4) is 0 Å². The summed E-state index contributed by atoms with van der Waals surface area (Å²) in [5.41, 5.74) is 2.09. The minimum absolute atomic E-state index is 0.330. The molecule has 100 valence electrons. The van der Waals surface area contributed by atoms with Crippen LogP contribution in [-0.4, -0.2) is 22.7 Å². The number of benzene rings is 1. The van der Waals surface area contributed by atoms with Crippen LogP contribution in [0.2, 0.25) is 0 Å². The molecule has 1 heterocycles. The van der Waals surface area contributed by atoms with Gasteiger partial charge in [-0.25, -0.2) is 9.59 Å². The molecule has 0 saturated heterocycles. The Morgan fingerprint density at radius 2 is 2.00 bits per heavy atom. The van der Waals surface area contributed by atoms with Crippen molar-refractivity contribution < 1.29 is 14.3 Å². The van der Waals surface area contributed by atoms with Gasteiger partial charge in [0, 0.05) is 13.1 Å². The van der Waals surface area contributed by atoms with Gasteiger partial charge in [-0.05, 0) is 44.0 Å². The number of amides is 1. The van der Waals surface area contributed by atoms with Gasteiger partial charge < -0.3 is 4.74 Å². The molecule has 0 saturated carbocycles. The Morgan fingerprint density at radius 3 is 2.63 bits per heavy atom. The van der Waals surface area contributed by atoms with Gasteiger partial charge in [-0.1, -0.05) is 6.07 Å². The van der Waals surface area contributed by atoms with Gasteiger partial charge >= 0.3 is 6.09 Å². The average molecular weight is 260 g/mol. The van der Waals surface area contributed by atoms with Gasteiger partial charge in [-0.2, -0.15) is 4.99 Å². The summed E-state index contributed by atoms with van der Waals surface area (Å²) in [5, 5.41) is 0. The molecular weight excluding hydrogens is 244 g/mol. The van der Waals surface area contributed by atoms with Crippen molar-refractivity contribution in [1.82, 2.24) is 4.90 Å². The molecule has 1 aliphatic heterocycles. The zero-order chi connectivity index (χ0) is 14.0. The molecule has 1 aromatic carbocycles. The fraction of sp³-hybridized carbons (Fsp3) is 0.429. The van der Waals surface area contributed by atoms with Crippen LogP contribution >= 0.6 is 0 Å². The van der Waals surface area contributed by atoms with E-state index in [1.807, 2.05) is 26.8 Å². The van der Waals surface area contributed by atoms with Crippen molar-refractivity contribution in [1.29, 1.82) is 0 Å². The molecule has 5 heteroatoms. The van der Waals surface area contributed by atoms with Crippen molar-refractivity contribution in [3.05, 3.63) is 29.3 Å². The van der Waals surface area contributed by atoms with E-state index >= 15 is 0 Å². The number of fused-ring (bicyclic) bond motifs is 1. The summed E-state index contributed by atoms with van der Waals surface area (Å²) >= 11 is 0. The average Bonchev–Trinajstić information content (AvgIpc) is 2.70. The molecule has 0 bridgehead atoms. The number of isocyanates is 1. The Bertz CT molecular complexity index is 554. The largest absolute Gasteiger partial charge is 0.444 e. The molecule has 1 aromatic rings. The van der Waals surface area contributed by atoms with E-state index < -0.39 is 5.60 Å². The highest BCUT2D eigenvalue weighted by molar-refractivity contribution is 5.69. The van der Waals surface area contributed by atoms with E-state index in [-0.39, 0.29) is 6.09 Å². The van der Waals surface area contributed by atoms with Crippen LogP contribution in [0.1, 0.15) is 31.9 Å². The molecular formula is C14H16N2O3. The van der Waals surface area contributed by atoms with E-state index in [2.05, 4.69) is 4.99 Å². The summed E-state index contributed by atoms with van der Waals surface area (Å²) in [7, 11) is 0. The summed E-state index contributed by atoms with van der Waals surface area (Å²) in [4.78, 5) is 27.4. The van der Waals surface area contributed by atoms with Crippen LogP contribution in [-0.2, 0) is 22.6 Å². The third-order valence-corrected chi connectivity index (χ3v) is 2.74. The highest BCUT2D eigenvalue weighted by Gasteiger charge is 2.27. The number of aliphatic imine (C=N–C) groups is 1. The Labute approximate surface area is 111 Å². The van der Waals surface area contributed by atoms with Crippen molar-refractivity contribution in [2.24, 2.45) is 4.99 Å². The molecule has 19 heavy (non-hydrogen) atoms.